The average Bonchev–Trinajstić information content (AvgIpc) is 2.74. The second-order valence-electron chi connectivity index (χ2n) is 7.37. The van der Waals surface area contributed by atoms with Gasteiger partial charge in [-0.15, -0.1) is 0 Å². The molecule has 1 N–H and O–H groups in total. The number of ether oxygens (including phenoxy) is 1. The Balaban J connectivity index is 1.55. The summed E-state index contributed by atoms with van der Waals surface area (Å²) in [4.78, 5) is 18.9. The van der Waals surface area contributed by atoms with Gasteiger partial charge in [0.05, 0.1) is 23.9 Å². The van der Waals surface area contributed by atoms with E-state index in [1.165, 1.54) is 0 Å². The fourth-order valence-corrected chi connectivity index (χ4v) is 3.86. The lowest BCUT2D eigenvalue weighted by atomic mass is 10.1. The molecular weight excluding hydrogens is 388 g/mol. The number of urea groups is 1. The average molecular weight is 417 g/mol. The zero-order valence-corrected chi connectivity index (χ0v) is 18.0. The molecule has 0 aromatic heterocycles. The van der Waals surface area contributed by atoms with Crippen molar-refractivity contribution in [2.45, 2.75) is 6.04 Å². The molecular formula is C22H29ClN4O2. The molecule has 2 amide bonds. The molecule has 0 spiro atoms. The molecule has 1 saturated heterocycles. The second-order valence-corrected chi connectivity index (χ2v) is 7.77. The molecule has 1 aliphatic heterocycles. The Morgan fingerprint density at radius 1 is 1.14 bits per heavy atom. The molecule has 0 radical (unpaired) electrons. The van der Waals surface area contributed by atoms with Gasteiger partial charge in [-0.05, 0) is 43.9 Å². The van der Waals surface area contributed by atoms with Crippen molar-refractivity contribution >= 4 is 23.3 Å². The van der Waals surface area contributed by atoms with Crippen molar-refractivity contribution in [1.29, 1.82) is 0 Å². The fourth-order valence-electron chi connectivity index (χ4n) is 3.60. The molecule has 7 heteroatoms. The third-order valence-corrected chi connectivity index (χ3v) is 5.63. The highest BCUT2D eigenvalue weighted by atomic mass is 35.5. The number of para-hydroxylation sites is 1. The number of rotatable bonds is 6. The normalized spacial score (nSPS) is 15.3. The summed E-state index contributed by atoms with van der Waals surface area (Å²) >= 11 is 6.30. The van der Waals surface area contributed by atoms with Crippen molar-refractivity contribution in [2.75, 3.05) is 58.8 Å². The van der Waals surface area contributed by atoms with Crippen LogP contribution < -0.4 is 15.0 Å². The van der Waals surface area contributed by atoms with Gasteiger partial charge < -0.3 is 24.8 Å². The minimum atomic E-state index is -0.0291. The zero-order chi connectivity index (χ0) is 20.8. The predicted molar refractivity (Wildman–Crippen MR) is 118 cm³/mol. The third kappa shape index (κ3) is 5.34. The molecule has 29 heavy (non-hydrogen) atoms. The number of benzene rings is 2. The van der Waals surface area contributed by atoms with Crippen LogP contribution in [0.3, 0.4) is 0 Å². The lowest BCUT2D eigenvalue weighted by Crippen LogP contribution is -2.52. The summed E-state index contributed by atoms with van der Waals surface area (Å²) in [5, 5.41) is 3.84. The van der Waals surface area contributed by atoms with Crippen molar-refractivity contribution in [1.82, 2.24) is 15.1 Å². The molecule has 1 heterocycles. The Hall–Kier alpha value is -2.44. The summed E-state index contributed by atoms with van der Waals surface area (Å²) < 4.78 is 5.33. The molecule has 0 saturated carbocycles. The number of carbonyl (C=O) groups is 1. The molecule has 1 fully saturated rings. The van der Waals surface area contributed by atoms with E-state index in [1.807, 2.05) is 61.5 Å². The number of piperazine rings is 1. The largest absolute Gasteiger partial charge is 0.497 e. The van der Waals surface area contributed by atoms with E-state index < -0.39 is 0 Å². The highest BCUT2D eigenvalue weighted by Gasteiger charge is 2.23. The summed E-state index contributed by atoms with van der Waals surface area (Å²) in [5.74, 6) is 0.816. The van der Waals surface area contributed by atoms with Gasteiger partial charge in [0.25, 0.3) is 0 Å². The third-order valence-electron chi connectivity index (χ3n) is 5.31. The van der Waals surface area contributed by atoms with Crippen LogP contribution in [0.2, 0.25) is 5.02 Å². The maximum Gasteiger partial charge on any atom is 0.317 e. The van der Waals surface area contributed by atoms with Crippen molar-refractivity contribution in [2.24, 2.45) is 0 Å². The smallest absolute Gasteiger partial charge is 0.317 e. The van der Waals surface area contributed by atoms with Gasteiger partial charge >= 0.3 is 6.03 Å². The molecule has 1 unspecified atom stereocenters. The molecule has 3 rings (SSSR count). The summed E-state index contributed by atoms with van der Waals surface area (Å²) in [6, 6.07) is 15.8. The number of hydrogen-bond donors (Lipinski definition) is 1. The fraction of sp³-hybridized carbons (Fsp3) is 0.409. The SMILES string of the molecule is COc1cccc(C(CNC(=O)N2CCN(c3ccccc3Cl)CC2)N(C)C)c1. The Kier molecular flexibility index (Phi) is 7.23. The first kappa shape index (κ1) is 21.3. The van der Waals surface area contributed by atoms with Gasteiger partial charge in [-0.1, -0.05) is 35.9 Å². The number of anilines is 1. The van der Waals surface area contributed by atoms with E-state index in [9.17, 15) is 4.79 Å². The first-order valence-corrected chi connectivity index (χ1v) is 10.2. The van der Waals surface area contributed by atoms with Crippen LogP contribution in [0, 0.1) is 0 Å². The van der Waals surface area contributed by atoms with Gasteiger partial charge in [0.1, 0.15) is 5.75 Å². The molecule has 1 atom stereocenters. The van der Waals surface area contributed by atoms with Gasteiger partial charge in [-0.25, -0.2) is 4.79 Å². The number of carbonyl (C=O) groups excluding carboxylic acids is 1. The van der Waals surface area contributed by atoms with Gasteiger partial charge in [0, 0.05) is 32.7 Å². The van der Waals surface area contributed by atoms with Crippen LogP contribution in [0.15, 0.2) is 48.5 Å². The lowest BCUT2D eigenvalue weighted by molar-refractivity contribution is 0.189. The predicted octanol–water partition coefficient (Wildman–Crippen LogP) is 3.48. The minimum Gasteiger partial charge on any atom is -0.497 e. The van der Waals surface area contributed by atoms with E-state index in [2.05, 4.69) is 21.2 Å². The molecule has 156 valence electrons. The van der Waals surface area contributed by atoms with Crippen LogP contribution in [0.1, 0.15) is 11.6 Å². The van der Waals surface area contributed by atoms with Crippen molar-refractivity contribution in [3.63, 3.8) is 0 Å². The number of hydrogen-bond acceptors (Lipinski definition) is 4. The van der Waals surface area contributed by atoms with E-state index in [1.54, 1.807) is 7.11 Å². The maximum atomic E-state index is 12.7. The summed E-state index contributed by atoms with van der Waals surface area (Å²) in [6.45, 7) is 3.41. The molecule has 2 aromatic rings. The van der Waals surface area contributed by atoms with Crippen molar-refractivity contribution < 1.29 is 9.53 Å². The topological polar surface area (TPSA) is 48.1 Å². The number of likely N-dealkylation sites (N-methyl/N-ethyl adjacent to an activating group) is 1. The number of methoxy groups -OCH3 is 1. The van der Waals surface area contributed by atoms with Crippen LogP contribution in [0.4, 0.5) is 10.5 Å². The molecule has 0 aliphatic carbocycles. The van der Waals surface area contributed by atoms with Gasteiger partial charge in [0.15, 0.2) is 0 Å². The number of nitrogens with one attached hydrogen (secondary N) is 1. The molecule has 1 aliphatic rings. The first-order chi connectivity index (χ1) is 14.0. The lowest BCUT2D eigenvalue weighted by Gasteiger charge is -2.37. The quantitative estimate of drug-likeness (QED) is 0.783. The van der Waals surface area contributed by atoms with Crippen LogP contribution in [-0.2, 0) is 0 Å². The summed E-state index contributed by atoms with van der Waals surface area (Å²) in [7, 11) is 5.69. The maximum absolute atomic E-state index is 12.7. The van der Waals surface area contributed by atoms with Crippen LogP contribution in [0.5, 0.6) is 5.75 Å². The first-order valence-electron chi connectivity index (χ1n) is 9.82. The van der Waals surface area contributed by atoms with E-state index in [-0.39, 0.29) is 12.1 Å². The van der Waals surface area contributed by atoms with Crippen molar-refractivity contribution in [3.05, 3.63) is 59.1 Å². The van der Waals surface area contributed by atoms with E-state index in [0.29, 0.717) is 19.6 Å². The molecule has 6 nitrogen and oxygen atoms in total. The number of amides is 2. The number of nitrogens with zero attached hydrogens (tertiary/aromatic N) is 3. The Morgan fingerprint density at radius 3 is 2.52 bits per heavy atom. The van der Waals surface area contributed by atoms with E-state index in [0.717, 1.165) is 35.1 Å². The summed E-state index contributed by atoms with van der Waals surface area (Å²) in [6.07, 6.45) is 0. The second kappa shape index (κ2) is 9.85. The highest BCUT2D eigenvalue weighted by Crippen LogP contribution is 2.26. The summed E-state index contributed by atoms with van der Waals surface area (Å²) in [5.41, 5.74) is 2.14. The van der Waals surface area contributed by atoms with Crippen LogP contribution in [0.25, 0.3) is 0 Å². The number of halogens is 1. The zero-order valence-electron chi connectivity index (χ0n) is 17.3. The van der Waals surface area contributed by atoms with Gasteiger partial charge in [0.2, 0.25) is 0 Å². The van der Waals surface area contributed by atoms with E-state index in [4.69, 9.17) is 16.3 Å². The van der Waals surface area contributed by atoms with Crippen molar-refractivity contribution in [3.8, 4) is 5.75 Å². The standard InChI is InChI=1S/C22H29ClN4O2/c1-25(2)21(17-7-6-8-18(15-17)29-3)16-24-22(28)27-13-11-26(12-14-27)20-10-5-4-9-19(20)23/h4-10,15,21H,11-14,16H2,1-3H3,(H,24,28). The van der Waals surface area contributed by atoms with Crippen LogP contribution in [-0.4, -0.2) is 69.8 Å². The van der Waals surface area contributed by atoms with Crippen LogP contribution >= 0.6 is 11.6 Å². The minimum absolute atomic E-state index is 0.0291. The Morgan fingerprint density at radius 2 is 1.86 bits per heavy atom. The van der Waals surface area contributed by atoms with Gasteiger partial charge in [-0.2, -0.15) is 0 Å². The Labute approximate surface area is 178 Å². The Bertz CT molecular complexity index is 822. The highest BCUT2D eigenvalue weighted by molar-refractivity contribution is 6.33. The monoisotopic (exact) mass is 416 g/mol. The van der Waals surface area contributed by atoms with E-state index >= 15 is 0 Å². The molecule has 0 bridgehead atoms. The van der Waals surface area contributed by atoms with Gasteiger partial charge in [-0.3, -0.25) is 0 Å². The molecule has 2 aromatic carbocycles.